The monoisotopic (exact) mass is 565 g/mol. The topological polar surface area (TPSA) is 96.8 Å². The van der Waals surface area contributed by atoms with E-state index in [-0.39, 0.29) is 18.8 Å². The molecular weight excluding hydrogens is 530 g/mol. The average Bonchev–Trinajstić information content (AvgIpc) is 3.42. The van der Waals surface area contributed by atoms with Gasteiger partial charge in [-0.3, -0.25) is 14.4 Å². The molecule has 1 amide bonds. The van der Waals surface area contributed by atoms with Gasteiger partial charge in [0.15, 0.2) is 0 Å². The number of aryl methyl sites for hydroxylation is 1. The third kappa shape index (κ3) is 6.20. The van der Waals surface area contributed by atoms with Crippen LogP contribution in [-0.2, 0) is 20.9 Å². The first-order chi connectivity index (χ1) is 20.4. The zero-order chi connectivity index (χ0) is 29.6. The summed E-state index contributed by atoms with van der Waals surface area (Å²) >= 11 is 0. The Kier molecular flexibility index (Phi) is 8.66. The minimum absolute atomic E-state index is 0.139. The highest BCUT2D eigenvalue weighted by Crippen LogP contribution is 2.27. The number of piperazine rings is 1. The second-order valence-corrected chi connectivity index (χ2v) is 10.3. The van der Waals surface area contributed by atoms with Crippen molar-refractivity contribution in [2.45, 2.75) is 27.3 Å². The number of nitrogens with one attached hydrogen (secondary N) is 1. The van der Waals surface area contributed by atoms with Crippen LogP contribution in [0, 0.1) is 13.8 Å². The minimum atomic E-state index is -0.779. The van der Waals surface area contributed by atoms with E-state index in [0.717, 1.165) is 43.2 Å². The Labute approximate surface area is 245 Å². The lowest BCUT2D eigenvalue weighted by Crippen LogP contribution is -2.47. The van der Waals surface area contributed by atoms with E-state index in [9.17, 15) is 14.4 Å². The number of hydrogen-bond donors (Lipinski definition) is 1. The molecule has 9 heteroatoms. The molecule has 5 rings (SSSR count). The largest absolute Gasteiger partial charge is 0.465 e. The van der Waals surface area contributed by atoms with Crippen molar-refractivity contribution in [3.8, 4) is 11.1 Å². The Morgan fingerprint density at radius 2 is 1.57 bits per heavy atom. The predicted molar refractivity (Wildman–Crippen MR) is 164 cm³/mol. The summed E-state index contributed by atoms with van der Waals surface area (Å²) in [6.07, 6.45) is 3.49. The Morgan fingerprint density at radius 1 is 0.881 bits per heavy atom. The van der Waals surface area contributed by atoms with Crippen LogP contribution in [0.4, 0.5) is 17.2 Å². The van der Waals surface area contributed by atoms with Crippen LogP contribution in [0.15, 0.2) is 79.1 Å². The maximum Gasteiger partial charge on any atom is 0.325 e. The number of esters is 1. The quantitative estimate of drug-likeness (QED) is 0.176. The molecule has 2 aromatic heterocycles. The standard InChI is InChI=1S/C33H35N5O4/c1-4-42-29(39)22-38-17-15-28(25-8-6-5-7-9-25)30(38)31(40)33(41)35-26-10-12-27(13-11-26)36-18-20-37(21-19-36)32-24(3)23(2)14-16-34-32/h5-17H,4,18-22H2,1-3H3,(H,35,41). The van der Waals surface area contributed by atoms with E-state index < -0.39 is 17.7 Å². The smallest absolute Gasteiger partial charge is 0.325 e. The Morgan fingerprint density at radius 3 is 2.26 bits per heavy atom. The molecule has 0 aliphatic carbocycles. The summed E-state index contributed by atoms with van der Waals surface area (Å²) in [6.45, 7) is 9.41. The number of carbonyl (C=O) groups is 3. The SMILES string of the molecule is CCOC(=O)Cn1ccc(-c2ccccc2)c1C(=O)C(=O)Nc1ccc(N2CCN(c3nccc(C)c3C)CC2)cc1. The highest BCUT2D eigenvalue weighted by molar-refractivity contribution is 6.47. The Bertz CT molecular complexity index is 1570. The molecule has 1 N–H and O–H groups in total. The van der Waals surface area contributed by atoms with Gasteiger partial charge in [-0.2, -0.15) is 0 Å². The van der Waals surface area contributed by atoms with E-state index in [1.807, 2.05) is 54.7 Å². The molecule has 1 aliphatic heterocycles. The summed E-state index contributed by atoms with van der Waals surface area (Å²) in [5.74, 6) is -0.952. The summed E-state index contributed by atoms with van der Waals surface area (Å²) in [5, 5.41) is 2.73. The number of nitrogens with zero attached hydrogens (tertiary/aromatic N) is 4. The molecule has 4 aromatic rings. The van der Waals surface area contributed by atoms with E-state index in [1.165, 1.54) is 15.7 Å². The van der Waals surface area contributed by atoms with Crippen molar-refractivity contribution in [2.24, 2.45) is 0 Å². The molecular formula is C33H35N5O4. The molecule has 0 spiro atoms. The molecule has 1 saturated heterocycles. The summed E-state index contributed by atoms with van der Waals surface area (Å²) in [7, 11) is 0. The first-order valence-electron chi connectivity index (χ1n) is 14.1. The van der Waals surface area contributed by atoms with E-state index in [0.29, 0.717) is 11.3 Å². The third-order valence-electron chi connectivity index (χ3n) is 7.59. The van der Waals surface area contributed by atoms with Gasteiger partial charge < -0.3 is 24.4 Å². The maximum absolute atomic E-state index is 13.5. The third-order valence-corrected chi connectivity index (χ3v) is 7.59. The van der Waals surface area contributed by atoms with Gasteiger partial charge in [-0.15, -0.1) is 0 Å². The average molecular weight is 566 g/mol. The molecule has 42 heavy (non-hydrogen) atoms. The molecule has 9 nitrogen and oxygen atoms in total. The minimum Gasteiger partial charge on any atom is -0.465 e. The Hall–Kier alpha value is -4.92. The van der Waals surface area contributed by atoms with Crippen molar-refractivity contribution in [1.29, 1.82) is 0 Å². The van der Waals surface area contributed by atoms with Crippen LogP contribution in [0.2, 0.25) is 0 Å². The summed E-state index contributed by atoms with van der Waals surface area (Å²) in [6, 6.07) is 20.6. The molecule has 0 saturated carbocycles. The number of carbonyl (C=O) groups excluding carboxylic acids is 3. The van der Waals surface area contributed by atoms with Crippen molar-refractivity contribution in [3.63, 3.8) is 0 Å². The fourth-order valence-electron chi connectivity index (χ4n) is 5.22. The number of rotatable bonds is 9. The summed E-state index contributed by atoms with van der Waals surface area (Å²) in [4.78, 5) is 48.0. The molecule has 216 valence electrons. The molecule has 0 unspecified atom stereocenters. The number of pyridine rings is 1. The van der Waals surface area contributed by atoms with Crippen LogP contribution in [0.25, 0.3) is 11.1 Å². The van der Waals surface area contributed by atoms with Gasteiger partial charge in [0.2, 0.25) is 0 Å². The van der Waals surface area contributed by atoms with Crippen molar-refractivity contribution in [2.75, 3.05) is 47.9 Å². The van der Waals surface area contributed by atoms with Crippen LogP contribution in [0.1, 0.15) is 28.5 Å². The lowest BCUT2D eigenvalue weighted by Gasteiger charge is -2.37. The Balaban J connectivity index is 1.26. The van der Waals surface area contributed by atoms with Crippen LogP contribution in [-0.4, -0.2) is 60.0 Å². The van der Waals surface area contributed by atoms with Gasteiger partial charge in [-0.05, 0) is 73.9 Å². The highest BCUT2D eigenvalue weighted by Gasteiger charge is 2.26. The lowest BCUT2D eigenvalue weighted by atomic mass is 10.0. The number of Topliss-reactive ketones (excluding diaryl/α,β-unsaturated/α-hetero) is 1. The van der Waals surface area contributed by atoms with Crippen LogP contribution in [0.3, 0.4) is 0 Å². The second-order valence-electron chi connectivity index (χ2n) is 10.3. The maximum atomic E-state index is 13.5. The summed E-state index contributed by atoms with van der Waals surface area (Å²) in [5.41, 5.74) is 5.49. The van der Waals surface area contributed by atoms with Crippen molar-refractivity contribution < 1.29 is 19.1 Å². The number of ether oxygens (including phenoxy) is 1. The molecule has 1 fully saturated rings. The second kappa shape index (κ2) is 12.7. The highest BCUT2D eigenvalue weighted by atomic mass is 16.5. The lowest BCUT2D eigenvalue weighted by molar-refractivity contribution is -0.143. The molecule has 2 aromatic carbocycles. The molecule has 0 bridgehead atoms. The first kappa shape index (κ1) is 28.6. The number of hydrogen-bond acceptors (Lipinski definition) is 7. The molecule has 3 heterocycles. The zero-order valence-corrected chi connectivity index (χ0v) is 24.2. The van der Waals surface area contributed by atoms with E-state index in [1.54, 1.807) is 31.3 Å². The predicted octanol–water partition coefficient (Wildman–Crippen LogP) is 4.88. The normalized spacial score (nSPS) is 13.1. The number of anilines is 3. The van der Waals surface area contributed by atoms with Gasteiger partial charge in [0.05, 0.1) is 6.61 Å². The number of amides is 1. The van der Waals surface area contributed by atoms with Gasteiger partial charge in [-0.1, -0.05) is 30.3 Å². The van der Waals surface area contributed by atoms with E-state index in [4.69, 9.17) is 4.74 Å². The van der Waals surface area contributed by atoms with Gasteiger partial charge in [0, 0.05) is 55.5 Å². The van der Waals surface area contributed by atoms with Gasteiger partial charge in [-0.25, -0.2) is 4.98 Å². The van der Waals surface area contributed by atoms with Crippen molar-refractivity contribution in [1.82, 2.24) is 9.55 Å². The van der Waals surface area contributed by atoms with E-state index >= 15 is 0 Å². The number of ketones is 1. The van der Waals surface area contributed by atoms with Gasteiger partial charge >= 0.3 is 5.97 Å². The number of aromatic nitrogens is 2. The van der Waals surface area contributed by atoms with Gasteiger partial charge in [0.1, 0.15) is 18.1 Å². The van der Waals surface area contributed by atoms with E-state index in [2.05, 4.69) is 33.9 Å². The van der Waals surface area contributed by atoms with Crippen molar-refractivity contribution in [3.05, 3.63) is 95.9 Å². The molecule has 1 aliphatic rings. The fraction of sp³-hybridized carbons (Fsp3) is 0.273. The fourth-order valence-corrected chi connectivity index (χ4v) is 5.22. The number of benzene rings is 2. The van der Waals surface area contributed by atoms with Crippen LogP contribution in [0.5, 0.6) is 0 Å². The zero-order valence-electron chi connectivity index (χ0n) is 24.2. The van der Waals surface area contributed by atoms with Crippen molar-refractivity contribution >= 4 is 34.9 Å². The summed E-state index contributed by atoms with van der Waals surface area (Å²) < 4.78 is 6.54. The van der Waals surface area contributed by atoms with Crippen LogP contribution >= 0.6 is 0 Å². The van der Waals surface area contributed by atoms with Crippen LogP contribution < -0.4 is 15.1 Å². The molecule has 0 radical (unpaired) electrons. The first-order valence-corrected chi connectivity index (χ1v) is 14.1. The molecule has 0 atom stereocenters. The van der Waals surface area contributed by atoms with Gasteiger partial charge in [0.25, 0.3) is 11.7 Å².